The van der Waals surface area contributed by atoms with E-state index in [4.69, 9.17) is 4.74 Å². The second-order valence-electron chi connectivity index (χ2n) is 6.70. The Morgan fingerprint density at radius 3 is 1.61 bits per heavy atom. The number of rotatable bonds is 1. The smallest absolute Gasteiger partial charge is 0.201 e. The van der Waals surface area contributed by atoms with Gasteiger partial charge < -0.3 is 14.9 Å². The van der Waals surface area contributed by atoms with E-state index in [1.54, 1.807) is 0 Å². The SMILES string of the molecule is COc1c(C(C)(C)C)cc(C(C)(C)C)c(O)c1O. The third-order valence-corrected chi connectivity index (χ3v) is 3.05. The number of benzene rings is 1. The van der Waals surface area contributed by atoms with Crippen molar-refractivity contribution in [2.75, 3.05) is 7.11 Å². The number of hydrogen-bond donors (Lipinski definition) is 2. The molecular weight excluding hydrogens is 228 g/mol. The first-order valence-corrected chi connectivity index (χ1v) is 6.14. The summed E-state index contributed by atoms with van der Waals surface area (Å²) in [5, 5.41) is 20.2. The molecule has 3 nitrogen and oxygen atoms in total. The van der Waals surface area contributed by atoms with Crippen molar-refractivity contribution in [1.82, 2.24) is 0 Å². The summed E-state index contributed by atoms with van der Waals surface area (Å²) in [6.07, 6.45) is 0. The summed E-state index contributed by atoms with van der Waals surface area (Å²) in [5.74, 6) is 0.0928. The standard InChI is InChI=1S/C15H24O3/c1-14(2,3)9-8-10(15(4,5)6)13(18-7)12(17)11(9)16/h8,16-17H,1-7H3. The van der Waals surface area contributed by atoms with Crippen molar-refractivity contribution in [1.29, 1.82) is 0 Å². The van der Waals surface area contributed by atoms with Crippen LogP contribution in [0, 0.1) is 0 Å². The van der Waals surface area contributed by atoms with Gasteiger partial charge in [-0.1, -0.05) is 41.5 Å². The van der Waals surface area contributed by atoms with Gasteiger partial charge in [-0.25, -0.2) is 0 Å². The molecule has 2 N–H and O–H groups in total. The van der Waals surface area contributed by atoms with Crippen LogP contribution in [0.5, 0.6) is 17.2 Å². The predicted molar refractivity (Wildman–Crippen MR) is 73.7 cm³/mol. The number of methoxy groups -OCH3 is 1. The van der Waals surface area contributed by atoms with Crippen LogP contribution in [0.15, 0.2) is 6.07 Å². The van der Waals surface area contributed by atoms with E-state index < -0.39 is 0 Å². The van der Waals surface area contributed by atoms with Gasteiger partial charge in [0.25, 0.3) is 0 Å². The Kier molecular flexibility index (Phi) is 3.57. The fourth-order valence-corrected chi connectivity index (χ4v) is 1.98. The molecule has 0 aliphatic carbocycles. The van der Waals surface area contributed by atoms with Crippen molar-refractivity contribution >= 4 is 0 Å². The van der Waals surface area contributed by atoms with E-state index in [-0.39, 0.29) is 22.3 Å². The summed E-state index contributed by atoms with van der Waals surface area (Å²) in [6, 6.07) is 1.92. The molecule has 0 spiro atoms. The Hall–Kier alpha value is -1.38. The quantitative estimate of drug-likeness (QED) is 0.749. The normalized spacial score (nSPS) is 12.6. The summed E-state index contributed by atoms with van der Waals surface area (Å²) in [4.78, 5) is 0. The average Bonchev–Trinajstić information content (AvgIpc) is 2.17. The van der Waals surface area contributed by atoms with E-state index in [1.807, 2.05) is 47.6 Å². The van der Waals surface area contributed by atoms with Gasteiger partial charge in [-0.2, -0.15) is 0 Å². The number of hydrogen-bond acceptors (Lipinski definition) is 3. The highest BCUT2D eigenvalue weighted by atomic mass is 16.5. The van der Waals surface area contributed by atoms with E-state index in [0.717, 1.165) is 11.1 Å². The van der Waals surface area contributed by atoms with Crippen LogP contribution in [0.4, 0.5) is 0 Å². The third-order valence-electron chi connectivity index (χ3n) is 3.05. The number of phenols is 2. The Bertz CT molecular complexity index is 448. The fraction of sp³-hybridized carbons (Fsp3) is 0.600. The van der Waals surface area contributed by atoms with Crippen LogP contribution in [0.25, 0.3) is 0 Å². The van der Waals surface area contributed by atoms with Crippen molar-refractivity contribution in [2.24, 2.45) is 0 Å². The van der Waals surface area contributed by atoms with Crippen LogP contribution in [0.1, 0.15) is 52.7 Å². The fourth-order valence-electron chi connectivity index (χ4n) is 1.98. The maximum atomic E-state index is 10.1. The first-order valence-electron chi connectivity index (χ1n) is 6.14. The second kappa shape index (κ2) is 4.38. The highest BCUT2D eigenvalue weighted by Gasteiger charge is 2.29. The monoisotopic (exact) mass is 252 g/mol. The Morgan fingerprint density at radius 1 is 0.833 bits per heavy atom. The summed E-state index contributed by atoms with van der Waals surface area (Å²) < 4.78 is 5.24. The molecule has 0 unspecified atom stereocenters. The molecular formula is C15H24O3. The maximum absolute atomic E-state index is 10.1. The zero-order chi connectivity index (χ0) is 14.3. The number of aromatic hydroxyl groups is 2. The Morgan fingerprint density at radius 2 is 1.28 bits per heavy atom. The molecule has 0 aromatic heterocycles. The van der Waals surface area contributed by atoms with Gasteiger partial charge >= 0.3 is 0 Å². The van der Waals surface area contributed by atoms with Crippen molar-refractivity contribution < 1.29 is 14.9 Å². The Balaban J connectivity index is 3.68. The molecule has 0 saturated carbocycles. The molecule has 102 valence electrons. The first kappa shape index (κ1) is 14.7. The van der Waals surface area contributed by atoms with Crippen LogP contribution in [0.2, 0.25) is 0 Å². The van der Waals surface area contributed by atoms with Crippen molar-refractivity contribution in [2.45, 2.75) is 52.4 Å². The maximum Gasteiger partial charge on any atom is 0.201 e. The Labute approximate surface area is 109 Å². The molecule has 1 rings (SSSR count). The van der Waals surface area contributed by atoms with E-state index in [1.165, 1.54) is 7.11 Å². The highest BCUT2D eigenvalue weighted by molar-refractivity contribution is 5.61. The minimum Gasteiger partial charge on any atom is -0.504 e. The van der Waals surface area contributed by atoms with Gasteiger partial charge in [-0.05, 0) is 16.9 Å². The van der Waals surface area contributed by atoms with Gasteiger partial charge in [0.2, 0.25) is 5.75 Å². The minimum absolute atomic E-state index is 0.0904. The zero-order valence-electron chi connectivity index (χ0n) is 12.4. The lowest BCUT2D eigenvalue weighted by Crippen LogP contribution is -2.17. The number of ether oxygens (including phenoxy) is 1. The van der Waals surface area contributed by atoms with Crippen molar-refractivity contribution in [3.8, 4) is 17.2 Å². The lowest BCUT2D eigenvalue weighted by atomic mass is 9.79. The second-order valence-corrected chi connectivity index (χ2v) is 6.70. The summed E-state index contributed by atoms with van der Waals surface area (Å²) >= 11 is 0. The molecule has 0 amide bonds. The summed E-state index contributed by atoms with van der Waals surface area (Å²) in [7, 11) is 1.50. The van der Waals surface area contributed by atoms with Crippen LogP contribution in [0.3, 0.4) is 0 Å². The van der Waals surface area contributed by atoms with Crippen LogP contribution in [-0.2, 0) is 10.8 Å². The largest absolute Gasteiger partial charge is 0.504 e. The molecule has 0 saturated heterocycles. The molecule has 1 aromatic carbocycles. The van der Waals surface area contributed by atoms with E-state index in [2.05, 4.69) is 0 Å². The minimum atomic E-state index is -0.242. The van der Waals surface area contributed by atoms with Crippen molar-refractivity contribution in [3.63, 3.8) is 0 Å². The molecule has 0 atom stereocenters. The van der Waals surface area contributed by atoms with Gasteiger partial charge in [0.15, 0.2) is 11.5 Å². The highest BCUT2D eigenvalue weighted by Crippen LogP contribution is 2.48. The van der Waals surface area contributed by atoms with Gasteiger partial charge in [0.05, 0.1) is 7.11 Å². The molecule has 0 fully saturated rings. The molecule has 0 heterocycles. The van der Waals surface area contributed by atoms with Crippen LogP contribution < -0.4 is 4.74 Å². The average molecular weight is 252 g/mol. The number of phenolic OH excluding ortho intramolecular Hbond substituents is 2. The third kappa shape index (κ3) is 2.55. The van der Waals surface area contributed by atoms with Gasteiger partial charge in [0, 0.05) is 11.1 Å². The van der Waals surface area contributed by atoms with Crippen LogP contribution in [-0.4, -0.2) is 17.3 Å². The van der Waals surface area contributed by atoms with Gasteiger partial charge in [-0.15, -0.1) is 0 Å². The first-order chi connectivity index (χ1) is 8.00. The lowest BCUT2D eigenvalue weighted by Gasteiger charge is -2.28. The topological polar surface area (TPSA) is 49.7 Å². The summed E-state index contributed by atoms with van der Waals surface area (Å²) in [5.41, 5.74) is 1.21. The van der Waals surface area contributed by atoms with Gasteiger partial charge in [0.1, 0.15) is 0 Å². The molecule has 1 aromatic rings. The van der Waals surface area contributed by atoms with Crippen LogP contribution >= 0.6 is 0 Å². The summed E-state index contributed by atoms with van der Waals surface area (Å²) in [6.45, 7) is 12.1. The zero-order valence-corrected chi connectivity index (χ0v) is 12.4. The molecule has 18 heavy (non-hydrogen) atoms. The molecule has 0 radical (unpaired) electrons. The molecule has 0 aliphatic rings. The molecule has 0 aliphatic heterocycles. The van der Waals surface area contributed by atoms with Crippen molar-refractivity contribution in [3.05, 3.63) is 17.2 Å². The van der Waals surface area contributed by atoms with E-state index in [0.29, 0.717) is 5.75 Å². The molecule has 3 heteroatoms. The van der Waals surface area contributed by atoms with Gasteiger partial charge in [-0.3, -0.25) is 0 Å². The van der Waals surface area contributed by atoms with E-state index in [9.17, 15) is 10.2 Å². The predicted octanol–water partition coefficient (Wildman–Crippen LogP) is 3.70. The van der Waals surface area contributed by atoms with E-state index >= 15 is 0 Å². The molecule has 0 bridgehead atoms. The lowest BCUT2D eigenvalue weighted by molar-refractivity contribution is 0.335.